The van der Waals surface area contributed by atoms with Crippen LogP contribution in [0, 0.1) is 5.92 Å². The molecule has 0 saturated carbocycles. The maximum Gasteiger partial charge on any atom is 0.290 e. The van der Waals surface area contributed by atoms with Crippen molar-refractivity contribution in [2.75, 3.05) is 24.6 Å². The lowest BCUT2D eigenvalue weighted by atomic mass is 9.98. The molecule has 1 aromatic rings. The number of nitrogens with one attached hydrogen (secondary N) is 1. The molecule has 3 heterocycles. The molecule has 1 aromatic heterocycles. The molecule has 116 valence electrons. The predicted octanol–water partition coefficient (Wildman–Crippen LogP) is 1.01. The Bertz CT molecular complexity index is 626. The van der Waals surface area contributed by atoms with E-state index in [9.17, 15) is 14.7 Å². The summed E-state index contributed by atoms with van der Waals surface area (Å²) in [5.41, 5.74) is 0.599. The lowest BCUT2D eigenvalue weighted by Gasteiger charge is -2.31. The molecule has 0 unspecified atom stereocenters. The Kier molecular flexibility index (Phi) is 4.39. The molecule has 2 aliphatic rings. The average molecular weight is 320 g/mol. The maximum absolute atomic E-state index is 11.5. The monoisotopic (exact) mass is 320 g/mol. The van der Waals surface area contributed by atoms with Gasteiger partial charge >= 0.3 is 0 Å². The van der Waals surface area contributed by atoms with Gasteiger partial charge in [0.2, 0.25) is 5.95 Å². The van der Waals surface area contributed by atoms with Crippen LogP contribution in [0.2, 0.25) is 0 Å². The minimum absolute atomic E-state index is 0.223. The Balaban J connectivity index is 1.75. The first-order valence-corrected chi connectivity index (χ1v) is 7.91. The van der Waals surface area contributed by atoms with Crippen molar-refractivity contribution in [1.29, 1.82) is 0 Å². The van der Waals surface area contributed by atoms with E-state index in [0.29, 0.717) is 22.5 Å². The molecule has 3 rings (SSSR count). The van der Waals surface area contributed by atoms with Crippen LogP contribution in [-0.2, 0) is 4.79 Å². The van der Waals surface area contributed by atoms with Crippen molar-refractivity contribution in [1.82, 2.24) is 15.3 Å². The number of carbonyl (C=O) groups excluding carboxylic acids is 2. The average Bonchev–Trinajstić information content (AvgIpc) is 2.85. The number of rotatable bonds is 3. The fourth-order valence-electron chi connectivity index (χ4n) is 2.47. The Morgan fingerprint density at radius 2 is 2.18 bits per heavy atom. The SMILES string of the molecule is O=C1NC(=O)C(=Cc2ccnc(N3CCC(CO)CC3)n2)S1. The summed E-state index contributed by atoms with van der Waals surface area (Å²) in [5, 5.41) is 11.0. The molecule has 2 fully saturated rings. The van der Waals surface area contributed by atoms with Gasteiger partial charge in [-0.3, -0.25) is 14.9 Å². The third kappa shape index (κ3) is 3.28. The third-order valence-corrected chi connectivity index (χ3v) is 4.55. The molecule has 22 heavy (non-hydrogen) atoms. The van der Waals surface area contributed by atoms with Gasteiger partial charge in [0.25, 0.3) is 11.1 Å². The van der Waals surface area contributed by atoms with E-state index in [0.717, 1.165) is 37.7 Å². The highest BCUT2D eigenvalue weighted by Crippen LogP contribution is 2.26. The van der Waals surface area contributed by atoms with E-state index in [1.54, 1.807) is 18.3 Å². The lowest BCUT2D eigenvalue weighted by molar-refractivity contribution is -0.115. The number of hydrogen-bond donors (Lipinski definition) is 2. The van der Waals surface area contributed by atoms with Gasteiger partial charge in [-0.15, -0.1) is 0 Å². The molecular formula is C14H16N4O3S. The van der Waals surface area contributed by atoms with Gasteiger partial charge < -0.3 is 10.0 Å². The molecule has 2 saturated heterocycles. The highest BCUT2D eigenvalue weighted by Gasteiger charge is 2.25. The zero-order valence-corrected chi connectivity index (χ0v) is 12.7. The van der Waals surface area contributed by atoms with Gasteiger partial charge in [0.1, 0.15) is 0 Å². The molecule has 0 atom stereocenters. The number of thioether (sulfide) groups is 1. The molecule has 0 aromatic carbocycles. The highest BCUT2D eigenvalue weighted by atomic mass is 32.2. The first-order valence-electron chi connectivity index (χ1n) is 7.09. The summed E-state index contributed by atoms with van der Waals surface area (Å²) in [4.78, 5) is 33.8. The minimum atomic E-state index is -0.390. The Hall–Kier alpha value is -1.93. The second kappa shape index (κ2) is 6.45. The van der Waals surface area contributed by atoms with E-state index in [-0.39, 0.29) is 17.8 Å². The van der Waals surface area contributed by atoms with Crippen molar-refractivity contribution < 1.29 is 14.7 Å². The first kappa shape index (κ1) is 15.0. The number of aliphatic hydroxyl groups excluding tert-OH is 1. The summed E-state index contributed by atoms with van der Waals surface area (Å²) in [6.07, 6.45) is 5.07. The van der Waals surface area contributed by atoms with Crippen molar-refractivity contribution in [2.45, 2.75) is 12.8 Å². The van der Waals surface area contributed by atoms with Gasteiger partial charge in [-0.05, 0) is 42.7 Å². The van der Waals surface area contributed by atoms with Gasteiger partial charge in [0.05, 0.1) is 10.6 Å². The molecule has 2 aliphatic heterocycles. The van der Waals surface area contributed by atoms with E-state index in [4.69, 9.17) is 0 Å². The number of imide groups is 1. The van der Waals surface area contributed by atoms with Crippen LogP contribution in [-0.4, -0.2) is 45.9 Å². The van der Waals surface area contributed by atoms with Crippen molar-refractivity contribution >= 4 is 34.9 Å². The smallest absolute Gasteiger partial charge is 0.290 e. The molecule has 0 spiro atoms. The van der Waals surface area contributed by atoms with Crippen LogP contribution in [0.4, 0.5) is 10.7 Å². The number of aromatic nitrogens is 2. The molecule has 0 radical (unpaired) electrons. The van der Waals surface area contributed by atoms with E-state index in [1.165, 1.54) is 0 Å². The first-order chi connectivity index (χ1) is 10.7. The van der Waals surface area contributed by atoms with Crippen LogP contribution in [0.25, 0.3) is 6.08 Å². The zero-order valence-electron chi connectivity index (χ0n) is 11.9. The van der Waals surface area contributed by atoms with Crippen molar-refractivity contribution in [3.63, 3.8) is 0 Å². The molecule has 8 heteroatoms. The summed E-state index contributed by atoms with van der Waals surface area (Å²) in [6.45, 7) is 1.83. The fraction of sp³-hybridized carbons (Fsp3) is 0.429. The topological polar surface area (TPSA) is 95.4 Å². The van der Waals surface area contributed by atoms with Crippen molar-refractivity contribution in [2.24, 2.45) is 5.92 Å². The lowest BCUT2D eigenvalue weighted by Crippen LogP contribution is -2.35. The number of aliphatic hydroxyl groups is 1. The number of anilines is 1. The van der Waals surface area contributed by atoms with E-state index < -0.39 is 0 Å². The number of piperidine rings is 1. The molecular weight excluding hydrogens is 304 g/mol. The zero-order chi connectivity index (χ0) is 15.5. The van der Waals surface area contributed by atoms with Gasteiger partial charge in [0, 0.05) is 25.9 Å². The Morgan fingerprint density at radius 3 is 2.82 bits per heavy atom. The van der Waals surface area contributed by atoms with Crippen LogP contribution >= 0.6 is 11.8 Å². The summed E-state index contributed by atoms with van der Waals surface area (Å²) in [5.74, 6) is 0.575. The van der Waals surface area contributed by atoms with Crippen LogP contribution in [0.15, 0.2) is 17.2 Å². The summed E-state index contributed by atoms with van der Waals surface area (Å²) in [7, 11) is 0. The number of carbonyl (C=O) groups is 2. The van der Waals surface area contributed by atoms with Gasteiger partial charge in [-0.2, -0.15) is 0 Å². The van der Waals surface area contributed by atoms with E-state index >= 15 is 0 Å². The molecule has 2 N–H and O–H groups in total. The molecule has 0 aliphatic carbocycles. The van der Waals surface area contributed by atoms with Crippen LogP contribution in [0.5, 0.6) is 0 Å². The van der Waals surface area contributed by atoms with Gasteiger partial charge in [-0.1, -0.05) is 0 Å². The quantitative estimate of drug-likeness (QED) is 0.802. The highest BCUT2D eigenvalue weighted by molar-refractivity contribution is 8.18. The number of amides is 2. The van der Waals surface area contributed by atoms with Gasteiger partial charge in [-0.25, -0.2) is 9.97 Å². The summed E-state index contributed by atoms with van der Waals surface area (Å²) in [6, 6.07) is 1.70. The van der Waals surface area contributed by atoms with Crippen molar-refractivity contribution in [3.8, 4) is 0 Å². The Morgan fingerprint density at radius 1 is 1.41 bits per heavy atom. The normalized spacial score (nSPS) is 21.5. The van der Waals surface area contributed by atoms with Crippen LogP contribution in [0.3, 0.4) is 0 Å². The second-order valence-corrected chi connectivity index (χ2v) is 6.26. The third-order valence-electron chi connectivity index (χ3n) is 3.74. The standard InChI is InChI=1S/C14H16N4O3S/c19-8-9-2-5-18(6-3-9)13-15-4-1-10(16-13)7-11-12(20)17-14(21)22-11/h1,4,7,9,19H,2-3,5-6,8H2,(H,17,20,21). The molecule has 0 bridgehead atoms. The fourth-order valence-corrected chi connectivity index (χ4v) is 3.13. The molecule has 7 nitrogen and oxygen atoms in total. The predicted molar refractivity (Wildman–Crippen MR) is 83.2 cm³/mol. The van der Waals surface area contributed by atoms with Crippen LogP contribution in [0.1, 0.15) is 18.5 Å². The Labute approximate surface area is 131 Å². The van der Waals surface area contributed by atoms with Crippen LogP contribution < -0.4 is 10.2 Å². The number of hydrogen-bond acceptors (Lipinski definition) is 7. The molecule has 2 amide bonds. The second-order valence-electron chi connectivity index (χ2n) is 5.25. The van der Waals surface area contributed by atoms with Gasteiger partial charge in [0.15, 0.2) is 0 Å². The summed E-state index contributed by atoms with van der Waals surface area (Å²) < 4.78 is 0. The summed E-state index contributed by atoms with van der Waals surface area (Å²) >= 11 is 0.873. The maximum atomic E-state index is 11.5. The largest absolute Gasteiger partial charge is 0.396 e. The van der Waals surface area contributed by atoms with E-state index in [1.807, 2.05) is 0 Å². The number of nitrogens with zero attached hydrogens (tertiary/aromatic N) is 3. The van der Waals surface area contributed by atoms with E-state index in [2.05, 4.69) is 20.2 Å². The minimum Gasteiger partial charge on any atom is -0.396 e. The van der Waals surface area contributed by atoms with Crippen molar-refractivity contribution in [3.05, 3.63) is 22.9 Å².